The van der Waals surface area contributed by atoms with Crippen molar-refractivity contribution in [3.05, 3.63) is 78.4 Å². The van der Waals surface area contributed by atoms with Gasteiger partial charge in [-0.1, -0.05) is 54.6 Å². The summed E-state index contributed by atoms with van der Waals surface area (Å²) < 4.78 is 6.16. The van der Waals surface area contributed by atoms with E-state index in [-0.39, 0.29) is 24.8 Å². The number of halogens is 2. The Morgan fingerprint density at radius 3 is 2.35 bits per heavy atom. The molecule has 3 rings (SSSR count). The maximum atomic E-state index is 6.16. The van der Waals surface area contributed by atoms with Gasteiger partial charge < -0.3 is 10.1 Å². The van der Waals surface area contributed by atoms with Gasteiger partial charge in [-0.3, -0.25) is 4.90 Å². The lowest BCUT2D eigenvalue weighted by molar-refractivity contribution is 0.169. The van der Waals surface area contributed by atoms with E-state index in [0.29, 0.717) is 12.6 Å². The lowest BCUT2D eigenvalue weighted by atomic mass is 10.00. The number of piperazine rings is 1. The summed E-state index contributed by atoms with van der Waals surface area (Å²) in [6.45, 7) is 8.77. The Balaban J connectivity index is 0.00000169. The summed E-state index contributed by atoms with van der Waals surface area (Å²) in [7, 11) is 0. The van der Waals surface area contributed by atoms with Crippen LogP contribution in [0.15, 0.2) is 67.3 Å². The molecule has 1 heterocycles. The molecule has 1 N–H and O–H groups in total. The van der Waals surface area contributed by atoms with Gasteiger partial charge in [0.25, 0.3) is 0 Å². The highest BCUT2D eigenvalue weighted by Gasteiger charge is 2.23. The first-order valence-electron chi connectivity index (χ1n) is 8.70. The zero-order valence-corrected chi connectivity index (χ0v) is 16.6. The van der Waals surface area contributed by atoms with E-state index in [4.69, 9.17) is 4.74 Å². The Labute approximate surface area is 169 Å². The summed E-state index contributed by atoms with van der Waals surface area (Å²) in [5.41, 5.74) is 2.45. The summed E-state index contributed by atoms with van der Waals surface area (Å²) in [4.78, 5) is 2.53. The van der Waals surface area contributed by atoms with E-state index in [9.17, 15) is 0 Å². The monoisotopic (exact) mass is 394 g/mol. The molecular formula is C21H28Cl2N2O. The fourth-order valence-electron chi connectivity index (χ4n) is 3.25. The van der Waals surface area contributed by atoms with E-state index < -0.39 is 0 Å². The third kappa shape index (κ3) is 6.03. The van der Waals surface area contributed by atoms with Gasteiger partial charge in [0.15, 0.2) is 0 Å². The molecule has 5 heteroatoms. The molecule has 3 nitrogen and oxygen atoms in total. The van der Waals surface area contributed by atoms with Gasteiger partial charge in [-0.25, -0.2) is 0 Å². The largest absolute Gasteiger partial charge is 0.489 e. The quantitative estimate of drug-likeness (QED) is 0.692. The van der Waals surface area contributed by atoms with Crippen molar-refractivity contribution in [3.8, 4) is 5.75 Å². The molecule has 142 valence electrons. The molecule has 0 aliphatic carbocycles. The molecule has 0 aromatic heterocycles. The molecule has 0 saturated carbocycles. The highest BCUT2D eigenvalue weighted by molar-refractivity contribution is 5.85. The van der Waals surface area contributed by atoms with Gasteiger partial charge in [-0.05, 0) is 18.1 Å². The lowest BCUT2D eigenvalue weighted by Crippen LogP contribution is -2.45. The molecule has 2 aromatic carbocycles. The van der Waals surface area contributed by atoms with Crippen LogP contribution in [-0.4, -0.2) is 31.1 Å². The highest BCUT2D eigenvalue weighted by Crippen LogP contribution is 2.32. The molecule has 0 spiro atoms. The summed E-state index contributed by atoms with van der Waals surface area (Å²) in [6.07, 6.45) is 2.95. The summed E-state index contributed by atoms with van der Waals surface area (Å²) >= 11 is 0. The fraction of sp³-hybridized carbons (Fsp3) is 0.333. The minimum absolute atomic E-state index is 0. The van der Waals surface area contributed by atoms with Crippen molar-refractivity contribution in [2.45, 2.75) is 19.1 Å². The zero-order chi connectivity index (χ0) is 16.6. The highest BCUT2D eigenvalue weighted by atomic mass is 35.5. The van der Waals surface area contributed by atoms with E-state index in [1.54, 1.807) is 0 Å². The molecule has 1 atom stereocenters. The maximum absolute atomic E-state index is 6.16. The topological polar surface area (TPSA) is 24.5 Å². The van der Waals surface area contributed by atoms with Crippen molar-refractivity contribution < 1.29 is 4.74 Å². The van der Waals surface area contributed by atoms with Gasteiger partial charge in [0, 0.05) is 37.8 Å². The Bertz CT molecular complexity index is 645. The minimum atomic E-state index is 0. The Morgan fingerprint density at radius 1 is 1.00 bits per heavy atom. The second kappa shape index (κ2) is 12.0. The fourth-order valence-corrected chi connectivity index (χ4v) is 3.25. The van der Waals surface area contributed by atoms with E-state index in [1.165, 1.54) is 11.1 Å². The number of nitrogens with zero attached hydrogens (tertiary/aromatic N) is 1. The average molecular weight is 395 g/mol. The van der Waals surface area contributed by atoms with Gasteiger partial charge in [0.1, 0.15) is 12.4 Å². The Kier molecular flexibility index (Phi) is 10.4. The number of ether oxygens (including phenoxy) is 1. The predicted molar refractivity (Wildman–Crippen MR) is 114 cm³/mol. The van der Waals surface area contributed by atoms with Crippen molar-refractivity contribution in [1.29, 1.82) is 0 Å². The van der Waals surface area contributed by atoms with E-state index >= 15 is 0 Å². The number of hydrogen-bond donors (Lipinski definition) is 1. The van der Waals surface area contributed by atoms with Crippen LogP contribution < -0.4 is 10.1 Å². The molecule has 0 unspecified atom stereocenters. The van der Waals surface area contributed by atoms with E-state index in [1.807, 2.05) is 30.3 Å². The SMILES string of the molecule is C=CC[C@H](c1ccccc1OCc1ccccc1)N1CCNCC1.Cl.Cl. The average Bonchev–Trinajstić information content (AvgIpc) is 2.66. The first-order chi connectivity index (χ1) is 11.9. The molecule has 0 amide bonds. The smallest absolute Gasteiger partial charge is 0.124 e. The predicted octanol–water partition coefficient (Wildman–Crippen LogP) is 4.63. The first-order valence-corrected chi connectivity index (χ1v) is 8.70. The standard InChI is InChI=1S/C21H26N2O.2ClH/c1-2-8-20(23-15-13-22-14-16-23)19-11-6-7-12-21(19)24-17-18-9-4-3-5-10-18;;/h2-7,9-12,20,22H,1,8,13-17H2;2*1H/t20-;;/m1../s1. The second-order valence-electron chi connectivity index (χ2n) is 6.14. The second-order valence-corrected chi connectivity index (χ2v) is 6.14. The van der Waals surface area contributed by atoms with Crippen LogP contribution in [0, 0.1) is 0 Å². The maximum Gasteiger partial charge on any atom is 0.124 e. The van der Waals surface area contributed by atoms with Gasteiger partial charge in [0.05, 0.1) is 0 Å². The molecule has 1 aliphatic heterocycles. The minimum Gasteiger partial charge on any atom is -0.489 e. The van der Waals surface area contributed by atoms with Crippen LogP contribution in [-0.2, 0) is 6.61 Å². The summed E-state index contributed by atoms with van der Waals surface area (Å²) in [6, 6.07) is 19.1. The third-order valence-electron chi connectivity index (χ3n) is 4.50. The van der Waals surface area contributed by atoms with Gasteiger partial charge in [0.2, 0.25) is 0 Å². The van der Waals surface area contributed by atoms with Crippen LogP contribution >= 0.6 is 24.8 Å². The van der Waals surface area contributed by atoms with Gasteiger partial charge >= 0.3 is 0 Å². The van der Waals surface area contributed by atoms with Gasteiger partial charge in [-0.15, -0.1) is 31.4 Å². The zero-order valence-electron chi connectivity index (χ0n) is 15.0. The van der Waals surface area contributed by atoms with Crippen LogP contribution in [0.2, 0.25) is 0 Å². The van der Waals surface area contributed by atoms with E-state index in [0.717, 1.165) is 38.3 Å². The normalized spacial score (nSPS) is 15.2. The van der Waals surface area contributed by atoms with Crippen LogP contribution in [0.5, 0.6) is 5.75 Å². The molecule has 0 bridgehead atoms. The molecule has 1 fully saturated rings. The van der Waals surface area contributed by atoms with Crippen LogP contribution in [0.4, 0.5) is 0 Å². The first kappa shape index (κ1) is 22.5. The molecule has 26 heavy (non-hydrogen) atoms. The molecule has 2 aromatic rings. The number of nitrogens with one attached hydrogen (secondary N) is 1. The van der Waals surface area contributed by atoms with Crippen molar-refractivity contribution in [1.82, 2.24) is 10.2 Å². The molecule has 1 aliphatic rings. The third-order valence-corrected chi connectivity index (χ3v) is 4.50. The lowest BCUT2D eigenvalue weighted by Gasteiger charge is -2.35. The van der Waals surface area contributed by atoms with Gasteiger partial charge in [-0.2, -0.15) is 0 Å². The summed E-state index contributed by atoms with van der Waals surface area (Å²) in [5.74, 6) is 0.978. The number of para-hydroxylation sites is 1. The van der Waals surface area contributed by atoms with E-state index in [2.05, 4.69) is 47.1 Å². The Hall–Kier alpha value is -1.52. The number of hydrogen-bond acceptors (Lipinski definition) is 3. The molecule has 1 saturated heterocycles. The molecule has 0 radical (unpaired) electrons. The number of benzene rings is 2. The Morgan fingerprint density at radius 2 is 1.65 bits per heavy atom. The number of rotatable bonds is 7. The summed E-state index contributed by atoms with van der Waals surface area (Å²) in [5, 5.41) is 3.43. The van der Waals surface area contributed by atoms with Crippen LogP contribution in [0.1, 0.15) is 23.6 Å². The van der Waals surface area contributed by atoms with Crippen molar-refractivity contribution in [2.75, 3.05) is 26.2 Å². The van der Waals surface area contributed by atoms with Crippen LogP contribution in [0.3, 0.4) is 0 Å². The van der Waals surface area contributed by atoms with Crippen molar-refractivity contribution >= 4 is 24.8 Å². The van der Waals surface area contributed by atoms with Crippen LogP contribution in [0.25, 0.3) is 0 Å². The molecular weight excluding hydrogens is 367 g/mol. The van der Waals surface area contributed by atoms with Crippen molar-refractivity contribution in [3.63, 3.8) is 0 Å². The van der Waals surface area contributed by atoms with Crippen molar-refractivity contribution in [2.24, 2.45) is 0 Å².